The predicted octanol–water partition coefficient (Wildman–Crippen LogP) is 4.70. The largest absolute Gasteiger partial charge is 0.435 e. The third kappa shape index (κ3) is 3.85. The van der Waals surface area contributed by atoms with Crippen molar-refractivity contribution in [3.8, 4) is 11.6 Å². The van der Waals surface area contributed by atoms with Crippen molar-refractivity contribution in [1.82, 2.24) is 4.98 Å². The average molecular weight is 310 g/mol. The van der Waals surface area contributed by atoms with Crippen LogP contribution in [0.15, 0.2) is 35.2 Å². The summed E-state index contributed by atoms with van der Waals surface area (Å²) in [7, 11) is 0. The molecule has 21 heavy (non-hydrogen) atoms. The first-order valence-electron chi connectivity index (χ1n) is 6.56. The van der Waals surface area contributed by atoms with Crippen LogP contribution in [0, 0.1) is 11.6 Å². The van der Waals surface area contributed by atoms with Gasteiger partial charge in [-0.25, -0.2) is 8.78 Å². The van der Waals surface area contributed by atoms with Gasteiger partial charge in [-0.15, -0.1) is 11.8 Å². The highest BCUT2D eigenvalue weighted by atomic mass is 32.2. The molecule has 1 aromatic carbocycles. The Kier molecular flexibility index (Phi) is 5.38. The molecule has 0 saturated carbocycles. The third-order valence-corrected chi connectivity index (χ3v) is 3.49. The van der Waals surface area contributed by atoms with Crippen LogP contribution in [0.25, 0.3) is 0 Å². The smallest absolute Gasteiger partial charge is 0.258 e. The van der Waals surface area contributed by atoms with Gasteiger partial charge in [0.15, 0.2) is 17.5 Å². The molecule has 112 valence electrons. The zero-order chi connectivity index (χ0) is 15.2. The highest BCUT2D eigenvalue weighted by Gasteiger charge is 2.14. The summed E-state index contributed by atoms with van der Waals surface area (Å²) in [5.74, 6) is -1.31. The molecular weight excluding hydrogens is 294 g/mol. The highest BCUT2D eigenvalue weighted by molar-refractivity contribution is 7.98. The SMILES string of the molecule is CCCNc1nc(Oc2ccccc2SC)c(F)cc1F. The second kappa shape index (κ2) is 7.26. The molecule has 6 heteroatoms. The van der Waals surface area contributed by atoms with Crippen molar-refractivity contribution in [2.45, 2.75) is 18.2 Å². The van der Waals surface area contributed by atoms with Gasteiger partial charge in [0.2, 0.25) is 0 Å². The van der Waals surface area contributed by atoms with Crippen LogP contribution in [-0.2, 0) is 0 Å². The van der Waals surface area contributed by atoms with Crippen LogP contribution in [0.3, 0.4) is 0 Å². The van der Waals surface area contributed by atoms with E-state index in [1.165, 1.54) is 11.8 Å². The van der Waals surface area contributed by atoms with Crippen molar-refractivity contribution in [3.05, 3.63) is 42.0 Å². The van der Waals surface area contributed by atoms with Crippen molar-refractivity contribution in [2.24, 2.45) is 0 Å². The van der Waals surface area contributed by atoms with Crippen LogP contribution < -0.4 is 10.1 Å². The molecule has 0 aliphatic heterocycles. The minimum Gasteiger partial charge on any atom is -0.435 e. The lowest BCUT2D eigenvalue weighted by Gasteiger charge is -2.11. The first-order chi connectivity index (χ1) is 10.2. The van der Waals surface area contributed by atoms with Crippen molar-refractivity contribution in [1.29, 1.82) is 0 Å². The fourth-order valence-corrected chi connectivity index (χ4v) is 2.22. The van der Waals surface area contributed by atoms with E-state index in [1.54, 1.807) is 12.1 Å². The molecule has 2 aromatic rings. The number of benzene rings is 1. The number of nitrogens with one attached hydrogen (secondary N) is 1. The second-order valence-electron chi connectivity index (χ2n) is 4.29. The normalized spacial score (nSPS) is 10.5. The van der Waals surface area contributed by atoms with Gasteiger partial charge in [-0.2, -0.15) is 4.98 Å². The number of hydrogen-bond acceptors (Lipinski definition) is 4. The van der Waals surface area contributed by atoms with Crippen molar-refractivity contribution < 1.29 is 13.5 Å². The van der Waals surface area contributed by atoms with E-state index >= 15 is 0 Å². The maximum absolute atomic E-state index is 13.8. The molecule has 0 saturated heterocycles. The van der Waals surface area contributed by atoms with Gasteiger partial charge in [0.05, 0.1) is 0 Å². The van der Waals surface area contributed by atoms with Gasteiger partial charge >= 0.3 is 0 Å². The van der Waals surface area contributed by atoms with E-state index in [4.69, 9.17) is 4.74 Å². The molecule has 0 aliphatic carbocycles. The number of nitrogens with zero attached hydrogens (tertiary/aromatic N) is 1. The van der Waals surface area contributed by atoms with Crippen molar-refractivity contribution in [3.63, 3.8) is 0 Å². The van der Waals surface area contributed by atoms with E-state index in [2.05, 4.69) is 10.3 Å². The molecule has 0 bridgehead atoms. The van der Waals surface area contributed by atoms with Crippen LogP contribution in [-0.4, -0.2) is 17.8 Å². The number of thioether (sulfide) groups is 1. The molecule has 1 N–H and O–H groups in total. The van der Waals surface area contributed by atoms with E-state index in [0.717, 1.165) is 17.4 Å². The van der Waals surface area contributed by atoms with Gasteiger partial charge < -0.3 is 10.1 Å². The highest BCUT2D eigenvalue weighted by Crippen LogP contribution is 2.32. The van der Waals surface area contributed by atoms with Crippen LogP contribution in [0.5, 0.6) is 11.6 Å². The number of aromatic nitrogens is 1. The summed E-state index contributed by atoms with van der Waals surface area (Å²) in [6.07, 6.45) is 2.70. The molecule has 1 aromatic heterocycles. The number of anilines is 1. The average Bonchev–Trinajstić information content (AvgIpc) is 2.49. The fraction of sp³-hybridized carbons (Fsp3) is 0.267. The van der Waals surface area contributed by atoms with Gasteiger partial charge in [0.25, 0.3) is 5.88 Å². The molecule has 0 spiro atoms. The Bertz CT molecular complexity index is 623. The number of hydrogen-bond donors (Lipinski definition) is 1. The van der Waals surface area contributed by atoms with Crippen LogP contribution in [0.1, 0.15) is 13.3 Å². The number of para-hydroxylation sites is 1. The van der Waals surface area contributed by atoms with Gasteiger partial charge in [0, 0.05) is 17.5 Å². The maximum atomic E-state index is 13.8. The van der Waals surface area contributed by atoms with E-state index in [-0.39, 0.29) is 11.7 Å². The molecular formula is C15H16F2N2OS. The zero-order valence-corrected chi connectivity index (χ0v) is 12.6. The Balaban J connectivity index is 2.30. The molecule has 0 aliphatic rings. The van der Waals surface area contributed by atoms with Crippen molar-refractivity contribution in [2.75, 3.05) is 18.1 Å². The van der Waals surface area contributed by atoms with E-state index in [0.29, 0.717) is 12.3 Å². The Morgan fingerprint density at radius 2 is 2.00 bits per heavy atom. The topological polar surface area (TPSA) is 34.2 Å². The van der Waals surface area contributed by atoms with Gasteiger partial charge in [-0.3, -0.25) is 0 Å². The quantitative estimate of drug-likeness (QED) is 0.785. The summed E-state index contributed by atoms with van der Waals surface area (Å²) in [6, 6.07) is 8.00. The lowest BCUT2D eigenvalue weighted by Crippen LogP contribution is -2.06. The Morgan fingerprint density at radius 3 is 2.71 bits per heavy atom. The molecule has 1 heterocycles. The molecule has 0 atom stereocenters. The molecule has 0 unspecified atom stereocenters. The van der Waals surface area contributed by atoms with Gasteiger partial charge in [-0.1, -0.05) is 19.1 Å². The Hall–Kier alpha value is -1.82. The second-order valence-corrected chi connectivity index (χ2v) is 5.13. The molecule has 0 amide bonds. The third-order valence-electron chi connectivity index (χ3n) is 2.72. The molecule has 0 radical (unpaired) electrons. The Labute approximate surface area is 126 Å². The first kappa shape index (κ1) is 15.6. The standard InChI is InChI=1S/C15H16F2N2OS/c1-3-8-18-14-10(16)9-11(17)15(19-14)20-12-6-4-5-7-13(12)21-2/h4-7,9H,3,8H2,1-2H3,(H,18,19). The fourth-order valence-electron chi connectivity index (χ4n) is 1.70. The molecule has 0 fully saturated rings. The van der Waals surface area contributed by atoms with Crippen LogP contribution in [0.2, 0.25) is 0 Å². The Morgan fingerprint density at radius 1 is 1.24 bits per heavy atom. The van der Waals surface area contributed by atoms with Crippen LogP contribution >= 0.6 is 11.8 Å². The van der Waals surface area contributed by atoms with Crippen molar-refractivity contribution >= 4 is 17.6 Å². The lowest BCUT2D eigenvalue weighted by molar-refractivity contribution is 0.410. The van der Waals surface area contributed by atoms with Gasteiger partial charge in [0.1, 0.15) is 5.75 Å². The summed E-state index contributed by atoms with van der Waals surface area (Å²) in [5.41, 5.74) is 0. The van der Waals surface area contributed by atoms with Gasteiger partial charge in [-0.05, 0) is 24.8 Å². The van der Waals surface area contributed by atoms with E-state index in [1.807, 2.05) is 25.3 Å². The zero-order valence-electron chi connectivity index (χ0n) is 11.8. The summed E-state index contributed by atoms with van der Waals surface area (Å²) in [6.45, 7) is 2.50. The maximum Gasteiger partial charge on any atom is 0.258 e. The predicted molar refractivity (Wildman–Crippen MR) is 81.2 cm³/mol. The summed E-state index contributed by atoms with van der Waals surface area (Å²) in [5, 5.41) is 2.81. The monoisotopic (exact) mass is 310 g/mol. The minimum atomic E-state index is -0.828. The summed E-state index contributed by atoms with van der Waals surface area (Å²) in [4.78, 5) is 4.74. The number of ether oxygens (including phenoxy) is 1. The summed E-state index contributed by atoms with van der Waals surface area (Å²) < 4.78 is 32.9. The summed E-state index contributed by atoms with van der Waals surface area (Å²) >= 11 is 1.48. The molecule has 3 nitrogen and oxygen atoms in total. The van der Waals surface area contributed by atoms with E-state index < -0.39 is 11.6 Å². The minimum absolute atomic E-state index is 0.00474. The first-order valence-corrected chi connectivity index (χ1v) is 7.79. The number of halogens is 2. The van der Waals surface area contributed by atoms with Crippen LogP contribution in [0.4, 0.5) is 14.6 Å². The van der Waals surface area contributed by atoms with E-state index in [9.17, 15) is 8.78 Å². The number of pyridine rings is 1. The number of rotatable bonds is 6. The molecule has 2 rings (SSSR count). The lowest BCUT2D eigenvalue weighted by atomic mass is 10.3.